The number of amides is 7. The van der Waals surface area contributed by atoms with Gasteiger partial charge in [0.1, 0.15) is 42.3 Å². The molecule has 1 saturated heterocycles. The molecule has 0 saturated carbocycles. The minimum absolute atomic E-state index is 0.0277. The lowest BCUT2D eigenvalue weighted by atomic mass is 9.95. The number of hydrogen-bond donors (Lipinski definition) is 5. The number of alkyl halides is 1. The fourth-order valence-electron chi connectivity index (χ4n) is 9.87. The Balaban J connectivity index is 1.72. The summed E-state index contributed by atoms with van der Waals surface area (Å²) in [5, 5.41) is 35.3. The maximum atomic E-state index is 15.4. The first-order valence-corrected chi connectivity index (χ1v) is 26.8. The summed E-state index contributed by atoms with van der Waals surface area (Å²) in [7, 11) is 2.80. The normalized spacial score (nSPS) is 23.2. The molecular formula is C56H76ClN9O12. The lowest BCUT2D eigenvalue weighted by Crippen LogP contribution is -2.60. The van der Waals surface area contributed by atoms with Crippen molar-refractivity contribution in [3.63, 3.8) is 0 Å². The van der Waals surface area contributed by atoms with Crippen LogP contribution in [-0.4, -0.2) is 145 Å². The molecule has 2 bridgehead atoms. The Morgan fingerprint density at radius 1 is 0.846 bits per heavy atom. The number of fused-ring (bicyclic) bond motifs is 3. The summed E-state index contributed by atoms with van der Waals surface area (Å²) < 4.78 is 6.92. The molecule has 7 amide bonds. The van der Waals surface area contributed by atoms with E-state index in [1.165, 1.54) is 47.9 Å². The molecule has 424 valence electrons. The Hall–Kier alpha value is -7.13. The second-order valence-corrected chi connectivity index (χ2v) is 22.1. The van der Waals surface area contributed by atoms with E-state index >= 15 is 4.79 Å². The van der Waals surface area contributed by atoms with Gasteiger partial charge in [0.2, 0.25) is 47.1 Å². The molecule has 2 aliphatic heterocycles. The lowest BCUT2D eigenvalue weighted by Gasteiger charge is -2.39. The highest BCUT2D eigenvalue weighted by molar-refractivity contribution is 6.18. The Labute approximate surface area is 460 Å². The van der Waals surface area contributed by atoms with Gasteiger partial charge in [-0.05, 0) is 95.4 Å². The number of rotatable bonds is 15. The Kier molecular flexibility index (Phi) is 21.0. The second-order valence-electron chi connectivity index (χ2n) is 21.8. The molecule has 3 aromatic rings. The van der Waals surface area contributed by atoms with Gasteiger partial charge in [-0.15, -0.1) is 11.6 Å². The van der Waals surface area contributed by atoms with Crippen molar-refractivity contribution in [1.82, 2.24) is 40.5 Å². The fourth-order valence-corrected chi connectivity index (χ4v) is 10.2. The largest absolute Gasteiger partial charge is 0.419 e. The minimum atomic E-state index is -1.56. The SMILES string of the molecule is C/C=C/C[C@@H]1NC(=O)[C@H](CC(C)C)N2C=C(C)C[C@@H](C2=O)N(C)C(=O)[C@H](C)NC(=O)[C@H](Cc2ccc(OC(C)=O)c([N+](=O)[O-])c2)NC(=O)[C@H](CC(C)C)N(C)C(=O)[C@H](Cc2cn(C(C)(C)[C@H](O)CCl)c3ccccc23)NC1=O. The first-order valence-electron chi connectivity index (χ1n) is 26.3. The van der Waals surface area contributed by atoms with Crippen LogP contribution < -0.4 is 26.0 Å². The molecule has 0 spiro atoms. The standard InChI is InChI=1S/C56H76ClN9O12/c1-13-14-18-39-49(69)61-41(27-37-30-65(56(9,10)48(68)28-57)42-19-16-15-17-38(37)42)54(74)62(11)44(22-31(2)3)51(71)60-40(25-36-20-21-47(78-35(8)67)43(26-36)66(76)77)50(70)58-34(7)53(73)63(12)46-24-33(6)29-64(55(46)75)45(23-32(4)5)52(72)59-39/h13-17,19-21,26,29-32,34,39-41,44-46,48,68H,18,22-25,27-28H2,1-12H3,(H,58,70)(H,59,72)(H,60,71)(H,61,69)/b14-13+/t34-,39-,40-,41-,44-,45-,46-,48+/m0/s1. The number of carbonyl (C=O) groups is 8. The van der Waals surface area contributed by atoms with E-state index in [1.54, 1.807) is 38.4 Å². The number of carbonyl (C=O) groups excluding carboxylic acids is 8. The first-order chi connectivity index (χ1) is 36.6. The number of likely N-dealkylation sites (N-methyl/N-ethyl adjacent to an activating group) is 2. The third-order valence-electron chi connectivity index (χ3n) is 14.3. The number of nitrogens with one attached hydrogen (secondary N) is 4. The molecule has 0 radical (unpaired) electrons. The molecule has 5 N–H and O–H groups in total. The number of allylic oxidation sites excluding steroid dienone is 1. The third-order valence-corrected chi connectivity index (χ3v) is 14.6. The number of benzene rings is 2. The van der Waals surface area contributed by atoms with Gasteiger partial charge in [0.05, 0.1) is 22.4 Å². The van der Waals surface area contributed by atoms with Crippen LogP contribution in [0, 0.1) is 22.0 Å². The van der Waals surface area contributed by atoms with Crippen molar-refractivity contribution in [3.05, 3.63) is 93.8 Å². The van der Waals surface area contributed by atoms with Crippen molar-refractivity contribution < 1.29 is 53.1 Å². The zero-order valence-electron chi connectivity index (χ0n) is 46.6. The molecule has 8 atom stereocenters. The maximum Gasteiger partial charge on any atom is 0.311 e. The van der Waals surface area contributed by atoms with E-state index in [-0.39, 0.29) is 61.1 Å². The Bertz CT molecular complexity index is 2830. The highest BCUT2D eigenvalue weighted by Crippen LogP contribution is 2.33. The number of halogens is 1. The average molecular weight is 1100 g/mol. The quantitative estimate of drug-likeness (QED) is 0.0344. The molecule has 5 rings (SSSR count). The van der Waals surface area contributed by atoms with E-state index < -0.39 is 118 Å². The summed E-state index contributed by atoms with van der Waals surface area (Å²) in [6.45, 7) is 17.0. The summed E-state index contributed by atoms with van der Waals surface area (Å²) in [5.41, 5.74) is 0.508. The Morgan fingerprint density at radius 3 is 2.06 bits per heavy atom. The van der Waals surface area contributed by atoms with Crippen LogP contribution in [0.15, 0.2) is 72.6 Å². The van der Waals surface area contributed by atoms with E-state index in [0.717, 1.165) is 13.0 Å². The van der Waals surface area contributed by atoms with Gasteiger partial charge in [0.25, 0.3) is 0 Å². The number of nitro benzene ring substituents is 1. The number of aliphatic hydroxyl groups is 1. The zero-order valence-corrected chi connectivity index (χ0v) is 47.4. The smallest absolute Gasteiger partial charge is 0.311 e. The van der Waals surface area contributed by atoms with Crippen molar-refractivity contribution >= 4 is 75.5 Å². The van der Waals surface area contributed by atoms with Crippen molar-refractivity contribution in [2.45, 2.75) is 162 Å². The number of aliphatic hydroxyl groups excluding tert-OH is 1. The van der Waals surface area contributed by atoms with Crippen LogP contribution >= 0.6 is 11.6 Å². The molecular weight excluding hydrogens is 1030 g/mol. The number of hydrogen-bond acceptors (Lipinski definition) is 12. The molecule has 2 aromatic carbocycles. The molecule has 0 unspecified atom stereocenters. The van der Waals surface area contributed by atoms with Gasteiger partial charge in [-0.2, -0.15) is 0 Å². The first kappa shape index (κ1) is 61.7. The van der Waals surface area contributed by atoms with E-state index in [4.69, 9.17) is 16.3 Å². The summed E-state index contributed by atoms with van der Waals surface area (Å²) in [6.07, 6.45) is 5.40. The van der Waals surface area contributed by atoms with E-state index in [2.05, 4.69) is 21.3 Å². The molecule has 78 heavy (non-hydrogen) atoms. The van der Waals surface area contributed by atoms with Crippen molar-refractivity contribution in [3.8, 4) is 5.75 Å². The monoisotopic (exact) mass is 1100 g/mol. The lowest BCUT2D eigenvalue weighted by molar-refractivity contribution is -0.385. The van der Waals surface area contributed by atoms with Crippen LogP contribution in [0.4, 0.5) is 5.69 Å². The third kappa shape index (κ3) is 14.7. The van der Waals surface area contributed by atoms with Gasteiger partial charge in [-0.25, -0.2) is 0 Å². The van der Waals surface area contributed by atoms with E-state index in [1.807, 2.05) is 70.4 Å². The number of nitro groups is 1. The number of aromatic nitrogens is 1. The number of nitrogens with zero attached hydrogens (tertiary/aromatic N) is 5. The summed E-state index contributed by atoms with van der Waals surface area (Å²) >= 11 is 6.20. The van der Waals surface area contributed by atoms with Gasteiger partial charge in [0, 0.05) is 63.2 Å². The summed E-state index contributed by atoms with van der Waals surface area (Å²) in [5.74, 6) is -6.82. The van der Waals surface area contributed by atoms with Crippen molar-refractivity contribution in [1.29, 1.82) is 0 Å². The summed E-state index contributed by atoms with van der Waals surface area (Å²) in [6, 6.07) is 1.74. The highest BCUT2D eigenvalue weighted by atomic mass is 35.5. The molecule has 21 nitrogen and oxygen atoms in total. The molecule has 22 heteroatoms. The predicted molar refractivity (Wildman–Crippen MR) is 294 cm³/mol. The molecule has 2 aliphatic rings. The molecule has 3 heterocycles. The maximum absolute atomic E-state index is 15.4. The van der Waals surface area contributed by atoms with E-state index in [0.29, 0.717) is 22.0 Å². The van der Waals surface area contributed by atoms with Crippen LogP contribution in [-0.2, 0) is 56.7 Å². The van der Waals surface area contributed by atoms with Gasteiger partial charge in [-0.3, -0.25) is 48.5 Å². The topological polar surface area (TPSA) is 272 Å². The highest BCUT2D eigenvalue weighted by Gasteiger charge is 2.43. The number of ether oxygens (including phenoxy) is 1. The van der Waals surface area contributed by atoms with Crippen LogP contribution in [0.3, 0.4) is 0 Å². The van der Waals surface area contributed by atoms with Crippen molar-refractivity contribution in [2.75, 3.05) is 20.0 Å². The summed E-state index contributed by atoms with van der Waals surface area (Å²) in [4.78, 5) is 131. The van der Waals surface area contributed by atoms with Gasteiger partial charge in [0.15, 0.2) is 0 Å². The molecule has 1 fully saturated rings. The van der Waals surface area contributed by atoms with Gasteiger partial charge >= 0.3 is 11.7 Å². The van der Waals surface area contributed by atoms with Crippen molar-refractivity contribution in [2.24, 2.45) is 11.8 Å². The van der Waals surface area contributed by atoms with Gasteiger partial charge in [-0.1, -0.05) is 69.7 Å². The van der Waals surface area contributed by atoms with E-state index in [9.17, 15) is 48.8 Å². The minimum Gasteiger partial charge on any atom is -0.419 e. The second kappa shape index (κ2) is 26.5. The number of esters is 1. The number of para-hydroxylation sites is 1. The predicted octanol–water partition coefficient (Wildman–Crippen LogP) is 4.78. The van der Waals surface area contributed by atoms with Crippen LogP contribution in [0.2, 0.25) is 0 Å². The van der Waals surface area contributed by atoms with Gasteiger partial charge < -0.3 is 50.4 Å². The van der Waals surface area contributed by atoms with Crippen LogP contribution in [0.25, 0.3) is 10.9 Å². The molecule has 1 aromatic heterocycles. The van der Waals surface area contributed by atoms with Crippen LogP contribution in [0.5, 0.6) is 5.75 Å². The average Bonchev–Trinajstić information content (AvgIpc) is 3.81. The molecule has 0 aliphatic carbocycles. The van der Waals surface area contributed by atoms with Crippen LogP contribution in [0.1, 0.15) is 106 Å². The zero-order chi connectivity index (χ0) is 58.1. The fraction of sp³-hybridized carbons (Fsp3) is 0.536. The Morgan fingerprint density at radius 2 is 1.45 bits per heavy atom.